The molecule has 6 rings (SSSR count). The van der Waals surface area contributed by atoms with Crippen molar-refractivity contribution < 1.29 is 14.3 Å². The molecule has 5 aromatic rings. The van der Waals surface area contributed by atoms with Gasteiger partial charge in [0.2, 0.25) is 0 Å². The Kier molecular flexibility index (Phi) is 7.15. The number of thiazole rings is 1. The van der Waals surface area contributed by atoms with E-state index in [-0.39, 0.29) is 12.2 Å². The number of carbonyl (C=O) groups is 1. The molecule has 206 valence electrons. The number of nitrogens with zero attached hydrogens (tertiary/aromatic N) is 3. The first-order chi connectivity index (χ1) is 20.0. The maximum Gasteiger partial charge on any atom is 0.338 e. The van der Waals surface area contributed by atoms with Gasteiger partial charge in [-0.2, -0.15) is 0 Å². The number of para-hydroxylation sites is 1. The zero-order valence-electron chi connectivity index (χ0n) is 23.0. The number of aromatic nitrogens is 2. The maximum atomic E-state index is 14.2. The van der Waals surface area contributed by atoms with Gasteiger partial charge in [0.05, 0.1) is 35.6 Å². The summed E-state index contributed by atoms with van der Waals surface area (Å²) < 4.78 is 15.4. The molecule has 1 atom stereocenters. The van der Waals surface area contributed by atoms with Crippen molar-refractivity contribution in [2.24, 2.45) is 4.99 Å². The molecule has 0 N–H and O–H groups in total. The second-order valence-electron chi connectivity index (χ2n) is 9.60. The van der Waals surface area contributed by atoms with Gasteiger partial charge in [-0.1, -0.05) is 72.0 Å². The van der Waals surface area contributed by atoms with Crippen LogP contribution in [0.15, 0.2) is 100 Å². The Labute approximate surface area is 240 Å². The van der Waals surface area contributed by atoms with E-state index in [0.717, 1.165) is 34.1 Å². The minimum Gasteiger partial charge on any atom is -0.497 e. The molecular formula is C33H29N3O4S. The normalized spacial score (nSPS) is 15.1. The molecule has 1 aliphatic heterocycles. The predicted molar refractivity (Wildman–Crippen MR) is 162 cm³/mol. The number of hydrogen-bond donors (Lipinski definition) is 0. The Morgan fingerprint density at radius 3 is 2.56 bits per heavy atom. The molecular weight excluding hydrogens is 534 g/mol. The van der Waals surface area contributed by atoms with Gasteiger partial charge < -0.3 is 14.0 Å². The lowest BCUT2D eigenvalue weighted by Gasteiger charge is -2.26. The lowest BCUT2D eigenvalue weighted by Crippen LogP contribution is -2.40. The van der Waals surface area contributed by atoms with Crippen LogP contribution >= 0.6 is 11.3 Å². The third kappa shape index (κ3) is 4.70. The summed E-state index contributed by atoms with van der Waals surface area (Å²) in [4.78, 5) is 33.3. The lowest BCUT2D eigenvalue weighted by molar-refractivity contribution is -0.138. The molecule has 3 heterocycles. The van der Waals surface area contributed by atoms with E-state index in [1.807, 2.05) is 72.8 Å². The maximum absolute atomic E-state index is 14.2. The van der Waals surface area contributed by atoms with Gasteiger partial charge in [-0.25, -0.2) is 9.79 Å². The molecule has 2 aromatic heterocycles. The number of esters is 1. The summed E-state index contributed by atoms with van der Waals surface area (Å²) in [6, 6.07) is 24.4. The van der Waals surface area contributed by atoms with Crippen LogP contribution < -0.4 is 19.6 Å². The van der Waals surface area contributed by atoms with Crippen LogP contribution in [0.1, 0.15) is 36.6 Å². The van der Waals surface area contributed by atoms with E-state index in [4.69, 9.17) is 14.5 Å². The van der Waals surface area contributed by atoms with Gasteiger partial charge in [0, 0.05) is 34.8 Å². The fourth-order valence-electron chi connectivity index (χ4n) is 5.36. The Hall–Kier alpha value is -4.69. The number of carbonyl (C=O) groups excluding carboxylic acids is 1. The highest BCUT2D eigenvalue weighted by Gasteiger charge is 2.35. The van der Waals surface area contributed by atoms with Crippen molar-refractivity contribution in [1.82, 2.24) is 9.13 Å². The van der Waals surface area contributed by atoms with Crippen molar-refractivity contribution in [3.8, 4) is 5.75 Å². The van der Waals surface area contributed by atoms with Crippen LogP contribution in [0.25, 0.3) is 22.7 Å². The van der Waals surface area contributed by atoms with Gasteiger partial charge in [0.15, 0.2) is 4.80 Å². The highest BCUT2D eigenvalue weighted by atomic mass is 32.1. The summed E-state index contributed by atoms with van der Waals surface area (Å²) in [5, 5.41) is 1.07. The molecule has 0 saturated heterocycles. The van der Waals surface area contributed by atoms with E-state index in [2.05, 4.69) is 29.8 Å². The number of hydrogen-bond acceptors (Lipinski definition) is 6. The van der Waals surface area contributed by atoms with E-state index < -0.39 is 12.0 Å². The van der Waals surface area contributed by atoms with Gasteiger partial charge >= 0.3 is 5.97 Å². The highest BCUT2D eigenvalue weighted by Crippen LogP contribution is 2.36. The molecule has 7 nitrogen and oxygen atoms in total. The molecule has 0 spiro atoms. The van der Waals surface area contributed by atoms with Gasteiger partial charge in [0.25, 0.3) is 5.56 Å². The van der Waals surface area contributed by atoms with Crippen molar-refractivity contribution >= 4 is 40.0 Å². The summed E-state index contributed by atoms with van der Waals surface area (Å²) in [5.41, 5.74) is 4.15. The van der Waals surface area contributed by atoms with Crippen molar-refractivity contribution in [3.63, 3.8) is 0 Å². The van der Waals surface area contributed by atoms with Crippen LogP contribution in [-0.2, 0) is 16.1 Å². The number of methoxy groups -OCH3 is 1. The highest BCUT2D eigenvalue weighted by molar-refractivity contribution is 7.07. The van der Waals surface area contributed by atoms with E-state index in [1.165, 1.54) is 11.3 Å². The monoisotopic (exact) mass is 563 g/mol. The molecule has 1 aliphatic rings. The van der Waals surface area contributed by atoms with Crippen LogP contribution in [0.3, 0.4) is 0 Å². The predicted octanol–water partition coefficient (Wildman–Crippen LogP) is 4.92. The topological polar surface area (TPSA) is 74.8 Å². The number of rotatable bonds is 7. The second-order valence-corrected chi connectivity index (χ2v) is 10.6. The molecule has 0 amide bonds. The molecule has 41 heavy (non-hydrogen) atoms. The van der Waals surface area contributed by atoms with E-state index in [9.17, 15) is 9.59 Å². The zero-order chi connectivity index (χ0) is 28.5. The summed E-state index contributed by atoms with van der Waals surface area (Å²) in [5.74, 6) is 0.113. The average molecular weight is 564 g/mol. The third-order valence-corrected chi connectivity index (χ3v) is 8.21. The van der Waals surface area contributed by atoms with Gasteiger partial charge in [-0.05, 0) is 43.7 Å². The number of fused-ring (bicyclic) bond motifs is 2. The fourth-order valence-corrected chi connectivity index (χ4v) is 6.35. The SMILES string of the molecule is CCOC(=O)C1=C(c2ccccc2)N=c2s/c(=C\c3cn(CC)c4ccccc34)c(=O)n2[C@@H]1c1cccc(OC)c1. The van der Waals surface area contributed by atoms with E-state index in [0.29, 0.717) is 26.4 Å². The molecule has 0 unspecified atom stereocenters. The van der Waals surface area contributed by atoms with E-state index in [1.54, 1.807) is 18.6 Å². The molecule has 0 fully saturated rings. The summed E-state index contributed by atoms with van der Waals surface area (Å²) in [6.45, 7) is 4.87. The number of ether oxygens (including phenoxy) is 2. The first kappa shape index (κ1) is 26.5. The minimum absolute atomic E-state index is 0.196. The summed E-state index contributed by atoms with van der Waals surface area (Å²) in [6.07, 6.45) is 4.00. The molecule has 0 bridgehead atoms. The van der Waals surface area contributed by atoms with Crippen molar-refractivity contribution in [2.75, 3.05) is 13.7 Å². The largest absolute Gasteiger partial charge is 0.497 e. The first-order valence-electron chi connectivity index (χ1n) is 13.5. The molecule has 0 saturated carbocycles. The van der Waals surface area contributed by atoms with Gasteiger partial charge in [-0.3, -0.25) is 9.36 Å². The van der Waals surface area contributed by atoms with Crippen LogP contribution in [0.2, 0.25) is 0 Å². The summed E-state index contributed by atoms with van der Waals surface area (Å²) >= 11 is 1.32. The Bertz CT molecular complexity index is 1980. The van der Waals surface area contributed by atoms with Crippen LogP contribution in [0.5, 0.6) is 5.75 Å². The first-order valence-corrected chi connectivity index (χ1v) is 14.4. The Morgan fingerprint density at radius 1 is 1.02 bits per heavy atom. The second kappa shape index (κ2) is 11.1. The minimum atomic E-state index is -0.755. The van der Waals surface area contributed by atoms with Crippen molar-refractivity contribution in [3.05, 3.63) is 127 Å². The molecule has 3 aromatic carbocycles. The van der Waals surface area contributed by atoms with Gasteiger partial charge in [0.1, 0.15) is 5.75 Å². The molecule has 8 heteroatoms. The molecule has 0 radical (unpaired) electrons. The summed E-state index contributed by atoms with van der Waals surface area (Å²) in [7, 11) is 1.59. The lowest BCUT2D eigenvalue weighted by atomic mass is 9.93. The van der Waals surface area contributed by atoms with Crippen molar-refractivity contribution in [2.45, 2.75) is 26.4 Å². The van der Waals surface area contributed by atoms with Crippen LogP contribution in [0, 0.1) is 0 Å². The van der Waals surface area contributed by atoms with Gasteiger partial charge in [-0.15, -0.1) is 0 Å². The zero-order valence-corrected chi connectivity index (χ0v) is 23.9. The molecule has 0 aliphatic carbocycles. The Balaban J connectivity index is 1.66. The quantitative estimate of drug-likeness (QED) is 0.264. The van der Waals surface area contributed by atoms with Crippen LogP contribution in [-0.4, -0.2) is 28.8 Å². The third-order valence-electron chi connectivity index (χ3n) is 7.23. The average Bonchev–Trinajstić information content (AvgIpc) is 3.53. The van der Waals surface area contributed by atoms with Crippen molar-refractivity contribution in [1.29, 1.82) is 0 Å². The smallest absolute Gasteiger partial charge is 0.338 e. The standard InChI is InChI=1S/C33H29N3O4S/c1-4-35-20-23(25-16-9-10-17-26(25)35)19-27-31(37)36-30(22-14-11-15-24(18-22)39-3)28(32(38)40-5-2)29(34-33(36)41-27)21-12-7-6-8-13-21/h6-20,30H,4-5H2,1-3H3/b27-19-/t30-/m1/s1. The fraction of sp³-hybridized carbons (Fsp3) is 0.182. The number of aryl methyl sites for hydroxylation is 1. The Morgan fingerprint density at radius 2 is 1.80 bits per heavy atom. The van der Waals surface area contributed by atoms with Crippen LogP contribution in [0.4, 0.5) is 0 Å². The van der Waals surface area contributed by atoms with E-state index >= 15 is 0 Å². The number of benzene rings is 3.